The highest BCUT2D eigenvalue weighted by atomic mass is 32.2. The lowest BCUT2D eigenvalue weighted by Gasteiger charge is -2.05. The van der Waals surface area contributed by atoms with Gasteiger partial charge in [0.25, 0.3) is 10.0 Å². The SMILES string of the molecule is Cc1cc(NS(=O)(=O)c2ccc(C=Cc3ccc(F)cc3)cc2)no1. The summed E-state index contributed by atoms with van der Waals surface area (Å²) in [5.74, 6) is 0.360. The van der Waals surface area contributed by atoms with E-state index in [1.54, 1.807) is 31.2 Å². The highest BCUT2D eigenvalue weighted by Crippen LogP contribution is 2.17. The van der Waals surface area contributed by atoms with Crippen LogP contribution in [0.2, 0.25) is 0 Å². The van der Waals surface area contributed by atoms with Crippen LogP contribution in [-0.2, 0) is 10.0 Å². The Morgan fingerprint density at radius 3 is 2.08 bits per heavy atom. The standard InChI is InChI=1S/C18H15FN2O3S/c1-13-12-18(20-24-13)21-25(22,23)17-10-6-15(7-11-17)3-2-14-4-8-16(19)9-5-14/h2-12H,1H3,(H,20,21). The van der Waals surface area contributed by atoms with Gasteiger partial charge < -0.3 is 4.52 Å². The Kier molecular flexibility index (Phi) is 4.67. The number of nitrogens with zero attached hydrogens (tertiary/aromatic N) is 1. The van der Waals surface area contributed by atoms with Crippen molar-refractivity contribution in [2.45, 2.75) is 11.8 Å². The van der Waals surface area contributed by atoms with E-state index in [1.165, 1.54) is 30.3 Å². The van der Waals surface area contributed by atoms with Gasteiger partial charge in [0.1, 0.15) is 11.6 Å². The maximum absolute atomic E-state index is 12.9. The third-order valence-corrected chi connectivity index (χ3v) is 4.77. The third kappa shape index (κ3) is 4.33. The molecule has 0 saturated carbocycles. The summed E-state index contributed by atoms with van der Waals surface area (Å²) in [6.07, 6.45) is 3.64. The minimum absolute atomic E-state index is 0.118. The van der Waals surface area contributed by atoms with Crippen molar-refractivity contribution in [1.82, 2.24) is 5.16 Å². The minimum atomic E-state index is -3.73. The molecule has 1 N–H and O–H groups in total. The molecule has 2 aromatic carbocycles. The van der Waals surface area contributed by atoms with Crippen molar-refractivity contribution in [2.75, 3.05) is 4.72 Å². The topological polar surface area (TPSA) is 72.2 Å². The highest BCUT2D eigenvalue weighted by Gasteiger charge is 2.15. The fraction of sp³-hybridized carbons (Fsp3) is 0.0556. The summed E-state index contributed by atoms with van der Waals surface area (Å²) in [5, 5.41) is 3.61. The van der Waals surface area contributed by atoms with E-state index in [0.717, 1.165) is 11.1 Å². The summed E-state index contributed by atoms with van der Waals surface area (Å²) in [7, 11) is -3.73. The average Bonchev–Trinajstić information content (AvgIpc) is 2.99. The van der Waals surface area contributed by atoms with E-state index in [4.69, 9.17) is 4.52 Å². The zero-order valence-corrected chi connectivity index (χ0v) is 14.1. The largest absolute Gasteiger partial charge is 0.360 e. The Morgan fingerprint density at radius 1 is 1.00 bits per heavy atom. The molecule has 1 heterocycles. The molecule has 0 radical (unpaired) electrons. The van der Waals surface area contributed by atoms with Crippen LogP contribution in [0.15, 0.2) is 64.0 Å². The third-order valence-electron chi connectivity index (χ3n) is 3.40. The number of benzene rings is 2. The van der Waals surface area contributed by atoms with Gasteiger partial charge in [-0.1, -0.05) is 41.6 Å². The second-order valence-corrected chi connectivity index (χ2v) is 7.06. The molecule has 0 saturated heterocycles. The van der Waals surface area contributed by atoms with E-state index < -0.39 is 10.0 Å². The Balaban J connectivity index is 1.74. The number of rotatable bonds is 5. The molecule has 1 aromatic heterocycles. The van der Waals surface area contributed by atoms with Gasteiger partial charge in [-0.15, -0.1) is 0 Å². The molecule has 3 aromatic rings. The molecule has 3 rings (SSSR count). The first-order valence-electron chi connectivity index (χ1n) is 7.42. The number of nitrogens with one attached hydrogen (secondary N) is 1. The van der Waals surface area contributed by atoms with Gasteiger partial charge in [-0.3, -0.25) is 4.72 Å². The monoisotopic (exact) mass is 358 g/mol. The maximum Gasteiger partial charge on any atom is 0.263 e. The van der Waals surface area contributed by atoms with Gasteiger partial charge >= 0.3 is 0 Å². The van der Waals surface area contributed by atoms with Gasteiger partial charge in [0.2, 0.25) is 0 Å². The molecule has 0 spiro atoms. The van der Waals surface area contributed by atoms with E-state index in [0.29, 0.717) is 5.76 Å². The first-order chi connectivity index (χ1) is 11.9. The zero-order chi connectivity index (χ0) is 17.9. The molecule has 5 nitrogen and oxygen atoms in total. The lowest BCUT2D eigenvalue weighted by molar-refractivity contribution is 0.400. The second kappa shape index (κ2) is 6.90. The molecule has 0 unspecified atom stereocenters. The normalized spacial score (nSPS) is 11.8. The number of halogens is 1. The molecule has 0 atom stereocenters. The highest BCUT2D eigenvalue weighted by molar-refractivity contribution is 7.92. The second-order valence-electron chi connectivity index (χ2n) is 5.38. The van der Waals surface area contributed by atoms with E-state index >= 15 is 0 Å². The maximum atomic E-state index is 12.9. The van der Waals surface area contributed by atoms with Crippen molar-refractivity contribution in [3.63, 3.8) is 0 Å². The van der Waals surface area contributed by atoms with Crippen molar-refractivity contribution >= 4 is 28.0 Å². The zero-order valence-electron chi connectivity index (χ0n) is 13.3. The van der Waals surface area contributed by atoms with Gasteiger partial charge in [0, 0.05) is 6.07 Å². The van der Waals surface area contributed by atoms with Gasteiger partial charge in [0.15, 0.2) is 5.82 Å². The van der Waals surface area contributed by atoms with Crippen molar-refractivity contribution in [3.8, 4) is 0 Å². The number of anilines is 1. The summed E-state index contributed by atoms with van der Waals surface area (Å²) in [5.41, 5.74) is 1.67. The van der Waals surface area contributed by atoms with Gasteiger partial charge in [-0.25, -0.2) is 12.8 Å². The Morgan fingerprint density at radius 2 is 1.56 bits per heavy atom. The van der Waals surface area contributed by atoms with Gasteiger partial charge in [0.05, 0.1) is 4.90 Å². The molecule has 0 fully saturated rings. The Hall–Kier alpha value is -2.93. The van der Waals surface area contributed by atoms with Crippen LogP contribution in [-0.4, -0.2) is 13.6 Å². The number of hydrogen-bond donors (Lipinski definition) is 1. The summed E-state index contributed by atoms with van der Waals surface area (Å²) in [4.78, 5) is 0.118. The van der Waals surface area contributed by atoms with E-state index in [-0.39, 0.29) is 16.5 Å². The number of hydrogen-bond acceptors (Lipinski definition) is 4. The van der Waals surface area contributed by atoms with E-state index in [9.17, 15) is 12.8 Å². The molecule has 0 aliphatic carbocycles. The quantitative estimate of drug-likeness (QED) is 0.697. The molecule has 7 heteroatoms. The Labute approximate surface area is 144 Å². The van der Waals surface area contributed by atoms with Crippen LogP contribution in [0.3, 0.4) is 0 Å². The molecule has 25 heavy (non-hydrogen) atoms. The molecular weight excluding hydrogens is 343 g/mol. The smallest absolute Gasteiger partial charge is 0.263 e. The predicted octanol–water partition coefficient (Wildman–Crippen LogP) is 4.09. The van der Waals surface area contributed by atoms with Crippen LogP contribution in [0, 0.1) is 12.7 Å². The van der Waals surface area contributed by atoms with Crippen molar-refractivity contribution in [1.29, 1.82) is 0 Å². The molecule has 128 valence electrons. The van der Waals surface area contributed by atoms with Crippen LogP contribution in [0.1, 0.15) is 16.9 Å². The lowest BCUT2D eigenvalue weighted by Crippen LogP contribution is -2.13. The van der Waals surface area contributed by atoms with Crippen LogP contribution in [0.4, 0.5) is 10.2 Å². The molecule has 0 amide bonds. The fourth-order valence-electron chi connectivity index (χ4n) is 2.14. The molecule has 0 aliphatic heterocycles. The summed E-state index contributed by atoms with van der Waals surface area (Å²) >= 11 is 0. The number of sulfonamides is 1. The Bertz CT molecular complexity index is 992. The van der Waals surface area contributed by atoms with Crippen molar-refractivity contribution in [3.05, 3.63) is 77.3 Å². The number of aromatic nitrogens is 1. The first-order valence-corrected chi connectivity index (χ1v) is 8.90. The molecule has 0 aliphatic rings. The van der Waals surface area contributed by atoms with Gasteiger partial charge in [-0.05, 0) is 42.3 Å². The summed E-state index contributed by atoms with van der Waals surface area (Å²) in [6, 6.07) is 13.9. The van der Waals surface area contributed by atoms with Crippen LogP contribution in [0.25, 0.3) is 12.2 Å². The molecule has 0 bridgehead atoms. The van der Waals surface area contributed by atoms with Crippen LogP contribution in [0.5, 0.6) is 0 Å². The molecular formula is C18H15FN2O3S. The van der Waals surface area contributed by atoms with E-state index in [1.807, 2.05) is 12.2 Å². The van der Waals surface area contributed by atoms with Crippen molar-refractivity contribution < 1.29 is 17.3 Å². The average molecular weight is 358 g/mol. The van der Waals surface area contributed by atoms with Gasteiger partial charge in [-0.2, -0.15) is 0 Å². The van der Waals surface area contributed by atoms with Crippen LogP contribution < -0.4 is 4.72 Å². The first kappa shape index (κ1) is 16.9. The predicted molar refractivity (Wildman–Crippen MR) is 93.8 cm³/mol. The number of aryl methyl sites for hydroxylation is 1. The van der Waals surface area contributed by atoms with Crippen LogP contribution >= 0.6 is 0 Å². The fourth-order valence-corrected chi connectivity index (χ4v) is 3.12. The van der Waals surface area contributed by atoms with E-state index in [2.05, 4.69) is 9.88 Å². The van der Waals surface area contributed by atoms with Crippen molar-refractivity contribution in [2.24, 2.45) is 0 Å². The minimum Gasteiger partial charge on any atom is -0.360 e. The lowest BCUT2D eigenvalue weighted by atomic mass is 10.1. The summed E-state index contributed by atoms with van der Waals surface area (Å²) < 4.78 is 44.6. The summed E-state index contributed by atoms with van der Waals surface area (Å²) in [6.45, 7) is 1.67.